The minimum atomic E-state index is -0.527. The van der Waals surface area contributed by atoms with Gasteiger partial charge in [-0.2, -0.15) is 4.98 Å². The van der Waals surface area contributed by atoms with Crippen molar-refractivity contribution in [2.75, 3.05) is 10.7 Å². The smallest absolute Gasteiger partial charge is 0.239 e. The zero-order valence-corrected chi connectivity index (χ0v) is 11.8. The molecule has 0 bridgehead atoms. The van der Waals surface area contributed by atoms with E-state index in [2.05, 4.69) is 36.6 Å². The lowest BCUT2D eigenvalue weighted by Gasteiger charge is -2.16. The fraction of sp³-hybridized carbons (Fsp3) is 0.167. The van der Waals surface area contributed by atoms with Gasteiger partial charge < -0.3 is 5.32 Å². The summed E-state index contributed by atoms with van der Waals surface area (Å²) in [5.74, 6) is 4.94. The van der Waals surface area contributed by atoms with Gasteiger partial charge in [0.15, 0.2) is 11.6 Å². The molecular weight excluding hydrogens is 313 g/mol. The van der Waals surface area contributed by atoms with Gasteiger partial charge in [-0.1, -0.05) is 28.1 Å². The van der Waals surface area contributed by atoms with Gasteiger partial charge in [0.05, 0.1) is 12.2 Å². The van der Waals surface area contributed by atoms with Crippen LogP contribution in [-0.2, 0) is 0 Å². The Morgan fingerprint density at radius 2 is 2.21 bits per heavy atom. The first-order chi connectivity index (χ1) is 9.10. The normalized spacial score (nSPS) is 12.0. The molecule has 0 amide bonds. The monoisotopic (exact) mass is 325 g/mol. The van der Waals surface area contributed by atoms with Crippen LogP contribution in [0.3, 0.4) is 0 Å². The predicted octanol–water partition coefficient (Wildman–Crippen LogP) is 2.84. The third-order valence-electron chi connectivity index (χ3n) is 2.58. The Balaban J connectivity index is 2.21. The molecule has 0 spiro atoms. The molecule has 1 aromatic carbocycles. The van der Waals surface area contributed by atoms with Gasteiger partial charge in [0.1, 0.15) is 0 Å². The number of nitrogens with two attached hydrogens (primary N) is 1. The zero-order valence-electron chi connectivity index (χ0n) is 10.2. The van der Waals surface area contributed by atoms with E-state index in [1.54, 1.807) is 0 Å². The second kappa shape index (κ2) is 5.94. The van der Waals surface area contributed by atoms with E-state index in [0.29, 0.717) is 0 Å². The maximum atomic E-state index is 13.6. The minimum absolute atomic E-state index is 0.104. The summed E-state index contributed by atoms with van der Waals surface area (Å²) in [6.07, 6.45) is 1.07. The van der Waals surface area contributed by atoms with Gasteiger partial charge in [-0.3, -0.25) is 5.43 Å². The topological polar surface area (TPSA) is 75.9 Å². The van der Waals surface area contributed by atoms with E-state index in [9.17, 15) is 4.39 Å². The summed E-state index contributed by atoms with van der Waals surface area (Å²) in [4.78, 5) is 7.62. The van der Waals surface area contributed by atoms with E-state index in [0.717, 1.165) is 16.2 Å². The van der Waals surface area contributed by atoms with Gasteiger partial charge in [0, 0.05) is 4.47 Å². The number of hydrogen-bond donors (Lipinski definition) is 3. The first-order valence-electron chi connectivity index (χ1n) is 5.61. The van der Waals surface area contributed by atoms with E-state index in [4.69, 9.17) is 5.84 Å². The Labute approximate surface area is 118 Å². The van der Waals surface area contributed by atoms with Crippen LogP contribution in [0.15, 0.2) is 34.9 Å². The van der Waals surface area contributed by atoms with Gasteiger partial charge in [0.25, 0.3) is 0 Å². The molecule has 0 aliphatic carbocycles. The van der Waals surface area contributed by atoms with Crippen molar-refractivity contribution in [1.29, 1.82) is 0 Å². The van der Waals surface area contributed by atoms with Gasteiger partial charge in [-0.15, -0.1) is 0 Å². The van der Waals surface area contributed by atoms with Crippen LogP contribution >= 0.6 is 15.9 Å². The van der Waals surface area contributed by atoms with Crippen LogP contribution in [0.5, 0.6) is 0 Å². The number of anilines is 2. The summed E-state index contributed by atoms with van der Waals surface area (Å²) in [6, 6.07) is 7.65. The second-order valence-corrected chi connectivity index (χ2v) is 4.87. The van der Waals surface area contributed by atoms with Crippen LogP contribution < -0.4 is 16.6 Å². The number of halogens is 2. The maximum absolute atomic E-state index is 13.6. The number of hydrazine groups is 1. The molecule has 4 N–H and O–H groups in total. The Hall–Kier alpha value is -1.73. The van der Waals surface area contributed by atoms with E-state index < -0.39 is 5.82 Å². The number of aromatic nitrogens is 2. The molecule has 1 unspecified atom stereocenters. The molecule has 0 saturated heterocycles. The average molecular weight is 326 g/mol. The highest BCUT2D eigenvalue weighted by Gasteiger charge is 2.11. The molecule has 0 saturated carbocycles. The molecule has 7 heteroatoms. The van der Waals surface area contributed by atoms with Crippen molar-refractivity contribution in [2.24, 2.45) is 5.84 Å². The highest BCUT2D eigenvalue weighted by molar-refractivity contribution is 9.10. The lowest BCUT2D eigenvalue weighted by atomic mass is 10.1. The molecule has 19 heavy (non-hydrogen) atoms. The lowest BCUT2D eigenvalue weighted by Crippen LogP contribution is -2.14. The SMILES string of the molecule is CC(Nc1nc(NN)ncc1F)c1cccc(Br)c1. The van der Waals surface area contributed by atoms with Gasteiger partial charge >= 0.3 is 0 Å². The van der Waals surface area contributed by atoms with Gasteiger partial charge in [-0.05, 0) is 24.6 Å². The Morgan fingerprint density at radius 1 is 1.42 bits per heavy atom. The molecule has 0 fully saturated rings. The third kappa shape index (κ3) is 3.39. The van der Waals surface area contributed by atoms with Crippen molar-refractivity contribution in [3.05, 3.63) is 46.3 Å². The summed E-state index contributed by atoms with van der Waals surface area (Å²) in [7, 11) is 0. The standard InChI is InChI=1S/C12H13BrFN5/c1-7(8-3-2-4-9(13)5-8)17-11-10(14)6-16-12(18-11)19-15/h2-7H,15H2,1H3,(H2,16,17,18,19). The Kier molecular flexibility index (Phi) is 4.28. The Bertz CT molecular complexity index is 578. The molecule has 1 heterocycles. The minimum Gasteiger partial charge on any atom is -0.361 e. The molecule has 0 aliphatic rings. The fourth-order valence-corrected chi connectivity index (χ4v) is 2.02. The van der Waals surface area contributed by atoms with E-state index in [-0.39, 0.29) is 17.8 Å². The number of nitrogens with one attached hydrogen (secondary N) is 2. The summed E-state index contributed by atoms with van der Waals surface area (Å²) in [5, 5.41) is 2.99. The molecule has 2 aromatic rings. The fourth-order valence-electron chi connectivity index (χ4n) is 1.60. The molecule has 5 nitrogen and oxygen atoms in total. The van der Waals surface area contributed by atoms with Crippen molar-refractivity contribution in [3.63, 3.8) is 0 Å². The molecular formula is C12H13BrFN5. The zero-order chi connectivity index (χ0) is 13.8. The highest BCUT2D eigenvalue weighted by atomic mass is 79.9. The van der Waals surface area contributed by atoms with Crippen LogP contribution in [-0.4, -0.2) is 9.97 Å². The quantitative estimate of drug-likeness (QED) is 0.595. The van der Waals surface area contributed by atoms with Crippen LogP contribution in [0.4, 0.5) is 16.2 Å². The van der Waals surface area contributed by atoms with Gasteiger partial charge in [0.2, 0.25) is 5.95 Å². The van der Waals surface area contributed by atoms with Crippen LogP contribution in [0.25, 0.3) is 0 Å². The number of hydrogen-bond acceptors (Lipinski definition) is 5. The molecule has 1 atom stereocenters. The van der Waals surface area contributed by atoms with Crippen molar-refractivity contribution in [2.45, 2.75) is 13.0 Å². The lowest BCUT2D eigenvalue weighted by molar-refractivity contribution is 0.614. The summed E-state index contributed by atoms with van der Waals surface area (Å²) >= 11 is 3.40. The van der Waals surface area contributed by atoms with E-state index in [1.807, 2.05) is 31.2 Å². The van der Waals surface area contributed by atoms with Crippen LogP contribution in [0, 0.1) is 5.82 Å². The van der Waals surface area contributed by atoms with Crippen molar-refractivity contribution >= 4 is 27.7 Å². The number of rotatable bonds is 4. The predicted molar refractivity (Wildman–Crippen MR) is 76.0 cm³/mol. The Morgan fingerprint density at radius 3 is 2.89 bits per heavy atom. The second-order valence-electron chi connectivity index (χ2n) is 3.96. The largest absolute Gasteiger partial charge is 0.361 e. The number of benzene rings is 1. The van der Waals surface area contributed by atoms with Gasteiger partial charge in [-0.25, -0.2) is 15.2 Å². The molecule has 0 aliphatic heterocycles. The number of nitrogens with zero attached hydrogens (tertiary/aromatic N) is 2. The summed E-state index contributed by atoms with van der Waals surface area (Å²) in [5.41, 5.74) is 3.29. The van der Waals surface area contributed by atoms with Crippen molar-refractivity contribution in [3.8, 4) is 0 Å². The van der Waals surface area contributed by atoms with Crippen LogP contribution in [0.2, 0.25) is 0 Å². The van der Waals surface area contributed by atoms with E-state index >= 15 is 0 Å². The molecule has 0 radical (unpaired) electrons. The third-order valence-corrected chi connectivity index (χ3v) is 3.07. The molecule has 100 valence electrons. The average Bonchev–Trinajstić information content (AvgIpc) is 2.41. The highest BCUT2D eigenvalue weighted by Crippen LogP contribution is 2.22. The summed E-state index contributed by atoms with van der Waals surface area (Å²) in [6.45, 7) is 1.92. The van der Waals surface area contributed by atoms with E-state index in [1.165, 1.54) is 0 Å². The van der Waals surface area contributed by atoms with Crippen LogP contribution in [0.1, 0.15) is 18.5 Å². The first kappa shape index (κ1) is 13.7. The first-order valence-corrected chi connectivity index (χ1v) is 6.40. The maximum Gasteiger partial charge on any atom is 0.239 e. The number of nitrogen functional groups attached to an aromatic ring is 1. The van der Waals surface area contributed by atoms with Crippen molar-refractivity contribution in [1.82, 2.24) is 9.97 Å². The molecule has 1 aromatic heterocycles. The van der Waals surface area contributed by atoms with Crippen molar-refractivity contribution < 1.29 is 4.39 Å². The molecule has 2 rings (SSSR count). The summed E-state index contributed by atoms with van der Waals surface area (Å²) < 4.78 is 14.6.